The predicted molar refractivity (Wildman–Crippen MR) is 72.0 cm³/mol. The van der Waals surface area contributed by atoms with Gasteiger partial charge in [-0.25, -0.2) is 4.98 Å². The summed E-state index contributed by atoms with van der Waals surface area (Å²) in [6, 6.07) is 0. The molecule has 1 atom stereocenters. The lowest BCUT2D eigenvalue weighted by molar-refractivity contribution is -0.148. The van der Waals surface area contributed by atoms with Crippen LogP contribution in [0.1, 0.15) is 30.3 Å². The number of aliphatic carboxylic acids is 1. The number of aryl methyl sites for hydroxylation is 1. The van der Waals surface area contributed by atoms with E-state index >= 15 is 0 Å². The zero-order chi connectivity index (χ0) is 13.2. The summed E-state index contributed by atoms with van der Waals surface area (Å²) in [6.07, 6.45) is 2.48. The summed E-state index contributed by atoms with van der Waals surface area (Å²) in [5.74, 6) is -0.638. The quantitative estimate of drug-likeness (QED) is 0.889. The Morgan fingerprint density at radius 2 is 2.44 bits per heavy atom. The molecule has 1 fully saturated rings. The SMILES string of the molecule is CCC1(C(=O)O)CCN(CCc2scnc2C)C1. The lowest BCUT2D eigenvalue weighted by Gasteiger charge is -2.23. The van der Waals surface area contributed by atoms with Crippen molar-refractivity contribution in [2.24, 2.45) is 5.41 Å². The third-order valence-corrected chi connectivity index (χ3v) is 5.06. The number of hydrogen-bond acceptors (Lipinski definition) is 4. The van der Waals surface area contributed by atoms with Gasteiger partial charge in [-0.3, -0.25) is 4.79 Å². The van der Waals surface area contributed by atoms with E-state index in [9.17, 15) is 9.90 Å². The first-order valence-electron chi connectivity index (χ1n) is 6.42. The highest BCUT2D eigenvalue weighted by Crippen LogP contribution is 2.34. The highest BCUT2D eigenvalue weighted by atomic mass is 32.1. The van der Waals surface area contributed by atoms with Crippen LogP contribution in [0.4, 0.5) is 0 Å². The summed E-state index contributed by atoms with van der Waals surface area (Å²) in [6.45, 7) is 6.54. The topological polar surface area (TPSA) is 53.4 Å². The van der Waals surface area contributed by atoms with Crippen molar-refractivity contribution in [3.63, 3.8) is 0 Å². The number of aromatic nitrogens is 1. The molecule has 1 aliphatic rings. The lowest BCUT2D eigenvalue weighted by atomic mass is 9.84. The van der Waals surface area contributed by atoms with Crippen molar-refractivity contribution in [2.45, 2.75) is 33.1 Å². The molecule has 100 valence electrons. The number of carboxylic acid groups (broad SMARTS) is 1. The van der Waals surface area contributed by atoms with E-state index in [1.54, 1.807) is 11.3 Å². The largest absolute Gasteiger partial charge is 0.481 e. The fourth-order valence-electron chi connectivity index (χ4n) is 2.59. The van der Waals surface area contributed by atoms with Gasteiger partial charge in [0.1, 0.15) is 0 Å². The first-order valence-corrected chi connectivity index (χ1v) is 7.30. The highest BCUT2D eigenvalue weighted by molar-refractivity contribution is 7.09. The first kappa shape index (κ1) is 13.5. The summed E-state index contributed by atoms with van der Waals surface area (Å²) in [5.41, 5.74) is 2.48. The third-order valence-electron chi connectivity index (χ3n) is 4.06. The van der Waals surface area contributed by atoms with E-state index < -0.39 is 11.4 Å². The van der Waals surface area contributed by atoms with Gasteiger partial charge in [-0.05, 0) is 32.7 Å². The van der Waals surface area contributed by atoms with Crippen LogP contribution in [0, 0.1) is 12.3 Å². The molecule has 0 radical (unpaired) electrons. The van der Waals surface area contributed by atoms with Crippen LogP contribution in [0.25, 0.3) is 0 Å². The molecule has 1 unspecified atom stereocenters. The molecule has 0 aromatic carbocycles. The summed E-state index contributed by atoms with van der Waals surface area (Å²) in [5, 5.41) is 9.34. The van der Waals surface area contributed by atoms with Crippen LogP contribution < -0.4 is 0 Å². The summed E-state index contributed by atoms with van der Waals surface area (Å²) in [4.78, 5) is 19.2. The van der Waals surface area contributed by atoms with Crippen LogP contribution in [-0.4, -0.2) is 40.6 Å². The Kier molecular flexibility index (Phi) is 4.02. The van der Waals surface area contributed by atoms with E-state index in [1.165, 1.54) is 4.88 Å². The number of nitrogens with zero attached hydrogens (tertiary/aromatic N) is 2. The molecular formula is C13H20N2O2S. The van der Waals surface area contributed by atoms with Crippen molar-refractivity contribution in [1.29, 1.82) is 0 Å². The first-order chi connectivity index (χ1) is 8.57. The normalized spacial score (nSPS) is 24.6. The molecule has 1 aromatic heterocycles. The minimum Gasteiger partial charge on any atom is -0.481 e. The van der Waals surface area contributed by atoms with Crippen molar-refractivity contribution in [1.82, 2.24) is 9.88 Å². The fraction of sp³-hybridized carbons (Fsp3) is 0.692. The molecule has 4 nitrogen and oxygen atoms in total. The second-order valence-corrected chi connectivity index (χ2v) is 6.02. The van der Waals surface area contributed by atoms with Crippen molar-refractivity contribution in [2.75, 3.05) is 19.6 Å². The zero-order valence-electron chi connectivity index (χ0n) is 11.0. The van der Waals surface area contributed by atoms with Crippen LogP contribution in [-0.2, 0) is 11.2 Å². The summed E-state index contributed by atoms with van der Waals surface area (Å²) < 4.78 is 0. The molecule has 0 spiro atoms. The maximum atomic E-state index is 11.4. The Balaban J connectivity index is 1.90. The minimum absolute atomic E-state index is 0.511. The number of carbonyl (C=O) groups is 1. The molecule has 2 rings (SSSR count). The molecule has 1 N–H and O–H groups in total. The number of carboxylic acids is 1. The number of thiazole rings is 1. The minimum atomic E-state index is -0.638. The second kappa shape index (κ2) is 5.36. The van der Waals surface area contributed by atoms with Crippen molar-refractivity contribution < 1.29 is 9.90 Å². The number of rotatable bonds is 5. The Labute approximate surface area is 112 Å². The van der Waals surface area contributed by atoms with Gasteiger partial charge in [0.05, 0.1) is 16.6 Å². The molecule has 1 saturated heterocycles. The predicted octanol–water partition coefficient (Wildman–Crippen LogP) is 2.18. The van der Waals surface area contributed by atoms with Crippen LogP contribution in [0.2, 0.25) is 0 Å². The maximum Gasteiger partial charge on any atom is 0.310 e. The van der Waals surface area contributed by atoms with Crippen LogP contribution in [0.3, 0.4) is 0 Å². The van der Waals surface area contributed by atoms with E-state index in [2.05, 4.69) is 9.88 Å². The Hall–Kier alpha value is -0.940. The van der Waals surface area contributed by atoms with E-state index in [-0.39, 0.29) is 0 Å². The molecule has 1 aromatic rings. The van der Waals surface area contributed by atoms with Gasteiger partial charge in [0, 0.05) is 18.0 Å². The molecule has 0 bridgehead atoms. The maximum absolute atomic E-state index is 11.4. The van der Waals surface area contributed by atoms with Crippen molar-refractivity contribution in [3.8, 4) is 0 Å². The van der Waals surface area contributed by atoms with Crippen LogP contribution >= 0.6 is 11.3 Å². The third kappa shape index (κ3) is 2.57. The molecule has 0 amide bonds. The van der Waals surface area contributed by atoms with E-state index in [0.717, 1.165) is 38.0 Å². The monoisotopic (exact) mass is 268 g/mol. The van der Waals surface area contributed by atoms with Crippen LogP contribution in [0.15, 0.2) is 5.51 Å². The van der Waals surface area contributed by atoms with Gasteiger partial charge < -0.3 is 10.0 Å². The molecule has 0 saturated carbocycles. The van der Waals surface area contributed by atoms with Crippen molar-refractivity contribution in [3.05, 3.63) is 16.1 Å². The van der Waals surface area contributed by atoms with Gasteiger partial charge in [0.15, 0.2) is 0 Å². The van der Waals surface area contributed by atoms with Gasteiger partial charge in [-0.1, -0.05) is 6.92 Å². The fourth-order valence-corrected chi connectivity index (χ4v) is 3.36. The number of hydrogen-bond donors (Lipinski definition) is 1. The average molecular weight is 268 g/mol. The Morgan fingerprint density at radius 1 is 1.67 bits per heavy atom. The molecule has 5 heteroatoms. The van der Waals surface area contributed by atoms with Gasteiger partial charge in [0.2, 0.25) is 0 Å². The standard InChI is InChI=1S/C13H20N2O2S/c1-3-13(12(16)17)5-7-15(8-13)6-4-11-10(2)14-9-18-11/h9H,3-8H2,1-2H3,(H,16,17). The Morgan fingerprint density at radius 3 is 2.94 bits per heavy atom. The van der Waals surface area contributed by atoms with Gasteiger partial charge in [0.25, 0.3) is 0 Å². The molecular weight excluding hydrogens is 248 g/mol. The summed E-state index contributed by atoms with van der Waals surface area (Å²) >= 11 is 1.69. The van der Waals surface area contributed by atoms with E-state index in [4.69, 9.17) is 0 Å². The Bertz CT molecular complexity index is 432. The lowest BCUT2D eigenvalue weighted by Crippen LogP contribution is -2.34. The highest BCUT2D eigenvalue weighted by Gasteiger charge is 2.42. The molecule has 2 heterocycles. The van der Waals surface area contributed by atoms with E-state index in [1.807, 2.05) is 19.4 Å². The number of likely N-dealkylation sites (tertiary alicyclic amines) is 1. The van der Waals surface area contributed by atoms with Crippen LogP contribution in [0.5, 0.6) is 0 Å². The molecule has 0 aliphatic carbocycles. The van der Waals surface area contributed by atoms with Crippen molar-refractivity contribution >= 4 is 17.3 Å². The van der Waals surface area contributed by atoms with Gasteiger partial charge >= 0.3 is 5.97 Å². The average Bonchev–Trinajstić information content (AvgIpc) is 2.93. The van der Waals surface area contributed by atoms with Gasteiger partial charge in [-0.15, -0.1) is 11.3 Å². The smallest absolute Gasteiger partial charge is 0.310 e. The summed E-state index contributed by atoms with van der Waals surface area (Å²) in [7, 11) is 0. The molecule has 18 heavy (non-hydrogen) atoms. The zero-order valence-corrected chi connectivity index (χ0v) is 11.8. The van der Waals surface area contributed by atoms with Gasteiger partial charge in [-0.2, -0.15) is 0 Å². The molecule has 1 aliphatic heterocycles. The van der Waals surface area contributed by atoms with E-state index in [0.29, 0.717) is 6.54 Å². The second-order valence-electron chi connectivity index (χ2n) is 5.08.